The maximum atomic E-state index is 6.16. The Morgan fingerprint density at radius 3 is 2.45 bits per heavy atom. The Morgan fingerprint density at radius 1 is 1.15 bits per heavy atom. The number of hydrogen-bond acceptors (Lipinski definition) is 2. The van der Waals surface area contributed by atoms with Crippen LogP contribution in [0.15, 0.2) is 42.7 Å². The first-order chi connectivity index (χ1) is 9.60. The summed E-state index contributed by atoms with van der Waals surface area (Å²) >= 11 is 0. The molecule has 0 aliphatic carbocycles. The van der Waals surface area contributed by atoms with E-state index in [-0.39, 0.29) is 6.04 Å². The first kappa shape index (κ1) is 14.7. The number of nitrogens with zero attached hydrogens (tertiary/aromatic N) is 1. The summed E-state index contributed by atoms with van der Waals surface area (Å²) in [6.45, 7) is 5.27. The van der Waals surface area contributed by atoms with Gasteiger partial charge in [0.2, 0.25) is 0 Å². The normalized spacial score (nSPS) is 12.7. The van der Waals surface area contributed by atoms with Crippen molar-refractivity contribution in [3.63, 3.8) is 0 Å². The minimum Gasteiger partial charge on any atom is -0.497 e. The van der Waals surface area contributed by atoms with E-state index in [9.17, 15) is 0 Å². The summed E-state index contributed by atoms with van der Waals surface area (Å²) in [6.07, 6.45) is 5.28. The average Bonchev–Trinajstić information content (AvgIpc) is 2.93. The predicted molar refractivity (Wildman–Crippen MR) is 82.9 cm³/mol. The Labute approximate surface area is 121 Å². The van der Waals surface area contributed by atoms with E-state index in [0.717, 1.165) is 18.7 Å². The molecule has 0 amide bonds. The fraction of sp³-hybridized carbons (Fsp3) is 0.412. The van der Waals surface area contributed by atoms with E-state index in [1.165, 1.54) is 11.1 Å². The molecule has 0 saturated heterocycles. The van der Waals surface area contributed by atoms with Crippen LogP contribution >= 0.6 is 0 Å². The van der Waals surface area contributed by atoms with Crippen molar-refractivity contribution in [3.05, 3.63) is 53.9 Å². The van der Waals surface area contributed by atoms with Crippen LogP contribution in [-0.2, 0) is 13.0 Å². The van der Waals surface area contributed by atoms with E-state index in [4.69, 9.17) is 10.5 Å². The largest absolute Gasteiger partial charge is 0.497 e. The van der Waals surface area contributed by atoms with Crippen LogP contribution in [0.2, 0.25) is 0 Å². The number of hydrogen-bond donors (Lipinski definition) is 1. The Bertz CT molecular complexity index is 528. The van der Waals surface area contributed by atoms with Crippen LogP contribution in [0.5, 0.6) is 5.75 Å². The van der Waals surface area contributed by atoms with Crippen molar-refractivity contribution >= 4 is 0 Å². The van der Waals surface area contributed by atoms with Crippen LogP contribution in [0, 0.1) is 5.92 Å². The lowest BCUT2D eigenvalue weighted by Crippen LogP contribution is -2.15. The fourth-order valence-corrected chi connectivity index (χ4v) is 2.23. The Balaban J connectivity index is 1.93. The molecule has 1 aromatic carbocycles. The van der Waals surface area contributed by atoms with Crippen LogP contribution < -0.4 is 10.5 Å². The monoisotopic (exact) mass is 272 g/mol. The molecule has 1 aromatic heterocycles. The maximum absolute atomic E-state index is 6.16. The van der Waals surface area contributed by atoms with E-state index >= 15 is 0 Å². The number of aryl methyl sites for hydroxylation is 2. The van der Waals surface area contributed by atoms with Crippen molar-refractivity contribution in [1.82, 2.24) is 4.57 Å². The number of benzene rings is 1. The second-order valence-corrected chi connectivity index (χ2v) is 5.55. The third-order valence-electron chi connectivity index (χ3n) is 3.69. The van der Waals surface area contributed by atoms with E-state index in [1.807, 2.05) is 12.1 Å². The van der Waals surface area contributed by atoms with Gasteiger partial charge in [0.05, 0.1) is 7.11 Å². The molecular formula is C17H24N2O. The van der Waals surface area contributed by atoms with Gasteiger partial charge in [-0.3, -0.25) is 0 Å². The van der Waals surface area contributed by atoms with E-state index in [2.05, 4.69) is 49.0 Å². The molecule has 1 unspecified atom stereocenters. The van der Waals surface area contributed by atoms with Gasteiger partial charge in [-0.05, 0) is 41.7 Å². The molecule has 108 valence electrons. The summed E-state index contributed by atoms with van der Waals surface area (Å²) in [6, 6.07) is 10.5. The first-order valence-corrected chi connectivity index (χ1v) is 7.14. The van der Waals surface area contributed by atoms with Crippen molar-refractivity contribution in [2.45, 2.75) is 32.9 Å². The molecule has 0 fully saturated rings. The number of methoxy groups -OCH3 is 1. The van der Waals surface area contributed by atoms with Crippen molar-refractivity contribution in [2.24, 2.45) is 11.7 Å². The molecule has 0 bridgehead atoms. The molecule has 20 heavy (non-hydrogen) atoms. The number of aromatic nitrogens is 1. The Morgan fingerprint density at radius 2 is 1.85 bits per heavy atom. The average molecular weight is 272 g/mol. The lowest BCUT2D eigenvalue weighted by molar-refractivity contribution is 0.414. The smallest absolute Gasteiger partial charge is 0.118 e. The Kier molecular flexibility index (Phi) is 4.85. The van der Waals surface area contributed by atoms with Gasteiger partial charge in [-0.15, -0.1) is 0 Å². The fourth-order valence-electron chi connectivity index (χ4n) is 2.23. The van der Waals surface area contributed by atoms with Gasteiger partial charge in [0, 0.05) is 25.0 Å². The molecule has 0 aliphatic rings. The second-order valence-electron chi connectivity index (χ2n) is 5.55. The highest BCUT2D eigenvalue weighted by atomic mass is 16.5. The van der Waals surface area contributed by atoms with Crippen LogP contribution in [0.25, 0.3) is 0 Å². The van der Waals surface area contributed by atoms with Gasteiger partial charge in [0.15, 0.2) is 0 Å². The summed E-state index contributed by atoms with van der Waals surface area (Å²) in [5.74, 6) is 1.37. The quantitative estimate of drug-likeness (QED) is 0.875. The molecule has 0 aliphatic heterocycles. The molecule has 1 atom stereocenters. The summed E-state index contributed by atoms with van der Waals surface area (Å²) in [7, 11) is 1.69. The molecule has 0 radical (unpaired) electrons. The van der Waals surface area contributed by atoms with Crippen molar-refractivity contribution < 1.29 is 4.74 Å². The second kappa shape index (κ2) is 6.62. The summed E-state index contributed by atoms with van der Waals surface area (Å²) in [5.41, 5.74) is 8.69. The van der Waals surface area contributed by atoms with E-state index in [1.54, 1.807) is 7.11 Å². The zero-order valence-corrected chi connectivity index (χ0v) is 12.5. The zero-order valence-electron chi connectivity index (χ0n) is 12.5. The van der Waals surface area contributed by atoms with Crippen LogP contribution in [0.3, 0.4) is 0 Å². The number of ether oxygens (including phenoxy) is 1. The van der Waals surface area contributed by atoms with Crippen LogP contribution in [-0.4, -0.2) is 11.7 Å². The highest BCUT2D eigenvalue weighted by Crippen LogP contribution is 2.19. The third-order valence-corrected chi connectivity index (χ3v) is 3.69. The van der Waals surface area contributed by atoms with Crippen molar-refractivity contribution in [3.8, 4) is 5.75 Å². The van der Waals surface area contributed by atoms with Crippen molar-refractivity contribution in [1.29, 1.82) is 0 Å². The summed E-state index contributed by atoms with van der Waals surface area (Å²) in [4.78, 5) is 0. The standard InChI is InChI=1S/C17H24N2O/c1-13(2)17(18)15-9-11-19(12-15)10-8-14-4-6-16(20-3)7-5-14/h4-7,9,11-13,17H,8,10,18H2,1-3H3. The number of rotatable bonds is 6. The minimum atomic E-state index is 0.122. The SMILES string of the molecule is COc1ccc(CCn2ccc(C(N)C(C)C)c2)cc1. The lowest BCUT2D eigenvalue weighted by Gasteiger charge is -2.13. The van der Waals surface area contributed by atoms with Crippen molar-refractivity contribution in [2.75, 3.05) is 7.11 Å². The van der Waals surface area contributed by atoms with Gasteiger partial charge in [0.25, 0.3) is 0 Å². The van der Waals surface area contributed by atoms with Crippen LogP contribution in [0.1, 0.15) is 31.0 Å². The minimum absolute atomic E-state index is 0.122. The molecular weight excluding hydrogens is 248 g/mol. The molecule has 2 rings (SSSR count). The van der Waals surface area contributed by atoms with E-state index in [0.29, 0.717) is 5.92 Å². The highest BCUT2D eigenvalue weighted by Gasteiger charge is 2.11. The number of nitrogens with two attached hydrogens (primary N) is 1. The van der Waals surface area contributed by atoms with Gasteiger partial charge >= 0.3 is 0 Å². The van der Waals surface area contributed by atoms with Gasteiger partial charge < -0.3 is 15.0 Å². The molecule has 2 aromatic rings. The van der Waals surface area contributed by atoms with Crippen LogP contribution in [0.4, 0.5) is 0 Å². The highest BCUT2D eigenvalue weighted by molar-refractivity contribution is 5.27. The van der Waals surface area contributed by atoms with Gasteiger partial charge in [-0.2, -0.15) is 0 Å². The molecule has 0 spiro atoms. The predicted octanol–water partition coefficient (Wildman–Crippen LogP) is 3.40. The Hall–Kier alpha value is -1.74. The molecule has 0 saturated carbocycles. The third kappa shape index (κ3) is 3.64. The zero-order chi connectivity index (χ0) is 14.5. The molecule has 3 heteroatoms. The molecule has 2 N–H and O–H groups in total. The summed E-state index contributed by atoms with van der Waals surface area (Å²) < 4.78 is 7.38. The molecule has 3 nitrogen and oxygen atoms in total. The topological polar surface area (TPSA) is 40.2 Å². The lowest BCUT2D eigenvalue weighted by atomic mass is 10.00. The first-order valence-electron chi connectivity index (χ1n) is 7.14. The van der Waals surface area contributed by atoms with Gasteiger partial charge in [-0.25, -0.2) is 0 Å². The van der Waals surface area contributed by atoms with Gasteiger partial charge in [-0.1, -0.05) is 26.0 Å². The molecule has 1 heterocycles. The maximum Gasteiger partial charge on any atom is 0.118 e. The van der Waals surface area contributed by atoms with Gasteiger partial charge in [0.1, 0.15) is 5.75 Å². The van der Waals surface area contributed by atoms with E-state index < -0.39 is 0 Å². The summed E-state index contributed by atoms with van der Waals surface area (Å²) in [5, 5.41) is 0.